The number of carbonyl (C=O) groups is 1. The zero-order valence-corrected chi connectivity index (χ0v) is 17.9. The van der Waals surface area contributed by atoms with Gasteiger partial charge in [-0.05, 0) is 48.1 Å². The Labute approximate surface area is 181 Å². The van der Waals surface area contributed by atoms with Crippen molar-refractivity contribution in [3.8, 4) is 10.6 Å². The van der Waals surface area contributed by atoms with Crippen LogP contribution in [0.2, 0.25) is 0 Å². The first-order chi connectivity index (χ1) is 14.7. The van der Waals surface area contributed by atoms with Crippen LogP contribution < -0.4 is 10.9 Å². The maximum atomic E-state index is 12.8. The molecule has 0 aliphatic carbocycles. The van der Waals surface area contributed by atoms with Gasteiger partial charge in [0.25, 0.3) is 5.56 Å². The fourth-order valence-electron chi connectivity index (χ4n) is 3.09. The summed E-state index contributed by atoms with van der Waals surface area (Å²) in [6.45, 7) is -0.162. The molecule has 30 heavy (non-hydrogen) atoms. The van der Waals surface area contributed by atoms with E-state index in [0.717, 1.165) is 16.3 Å². The molecule has 0 spiro atoms. The predicted molar refractivity (Wildman–Crippen MR) is 119 cm³/mol. The molecule has 0 aliphatic heterocycles. The quantitative estimate of drug-likeness (QED) is 0.453. The summed E-state index contributed by atoms with van der Waals surface area (Å²) in [4.78, 5) is 26.0. The summed E-state index contributed by atoms with van der Waals surface area (Å²) in [5.41, 5.74) is 1.07. The zero-order chi connectivity index (χ0) is 20.9. The number of rotatable bonds is 8. The van der Waals surface area contributed by atoms with Crippen LogP contribution in [-0.4, -0.2) is 42.3 Å². The number of nitrogens with zero attached hydrogens (tertiary/aromatic N) is 5. The number of nitrogens with one attached hydrogen (secondary N) is 1. The average Bonchev–Trinajstić information content (AvgIpc) is 3.43. The number of carbonyl (C=O) groups excluding carboxylic acids is 1. The number of fused-ring (bicyclic) bond motifs is 1. The summed E-state index contributed by atoms with van der Waals surface area (Å²) in [6.07, 6.45) is 4.58. The number of amides is 1. The SMILES string of the molecule is CSCC[C@H](NC(=O)Cn1nc(-c2cccs2)ccc1=O)c1nnc2ccccn12. The summed E-state index contributed by atoms with van der Waals surface area (Å²) < 4.78 is 3.06. The van der Waals surface area contributed by atoms with Crippen molar-refractivity contribution in [2.45, 2.75) is 19.0 Å². The third-order valence-corrected chi connectivity index (χ3v) is 6.07. The van der Waals surface area contributed by atoms with E-state index in [9.17, 15) is 9.59 Å². The van der Waals surface area contributed by atoms with Crippen molar-refractivity contribution >= 4 is 34.7 Å². The third kappa shape index (κ3) is 4.44. The lowest BCUT2D eigenvalue weighted by atomic mass is 10.2. The molecule has 1 atom stereocenters. The Morgan fingerprint density at radius 2 is 2.10 bits per heavy atom. The minimum atomic E-state index is -0.321. The summed E-state index contributed by atoms with van der Waals surface area (Å²) in [5.74, 6) is 1.21. The van der Waals surface area contributed by atoms with Gasteiger partial charge in [0.15, 0.2) is 11.5 Å². The molecule has 8 nitrogen and oxygen atoms in total. The highest BCUT2D eigenvalue weighted by atomic mass is 32.2. The highest BCUT2D eigenvalue weighted by molar-refractivity contribution is 7.98. The highest BCUT2D eigenvalue weighted by Crippen LogP contribution is 2.21. The second kappa shape index (κ2) is 9.23. The molecule has 1 N–H and O–H groups in total. The van der Waals surface area contributed by atoms with Crippen LogP contribution in [0.25, 0.3) is 16.2 Å². The van der Waals surface area contributed by atoms with E-state index in [4.69, 9.17) is 0 Å². The molecule has 0 aromatic carbocycles. The van der Waals surface area contributed by atoms with Crippen molar-refractivity contribution in [3.05, 3.63) is 70.2 Å². The Hall–Kier alpha value is -2.98. The number of aromatic nitrogens is 5. The van der Waals surface area contributed by atoms with Gasteiger partial charge in [-0.15, -0.1) is 21.5 Å². The highest BCUT2D eigenvalue weighted by Gasteiger charge is 2.21. The van der Waals surface area contributed by atoms with Gasteiger partial charge in [0.05, 0.1) is 10.9 Å². The van der Waals surface area contributed by atoms with E-state index in [0.29, 0.717) is 17.9 Å². The average molecular weight is 441 g/mol. The van der Waals surface area contributed by atoms with E-state index in [2.05, 4.69) is 20.6 Å². The first kappa shape index (κ1) is 20.3. The van der Waals surface area contributed by atoms with E-state index < -0.39 is 0 Å². The molecule has 4 rings (SSSR count). The maximum absolute atomic E-state index is 12.8. The lowest BCUT2D eigenvalue weighted by Crippen LogP contribution is -2.36. The smallest absolute Gasteiger partial charge is 0.267 e. The van der Waals surface area contributed by atoms with Gasteiger partial charge in [0.2, 0.25) is 5.91 Å². The van der Waals surface area contributed by atoms with E-state index >= 15 is 0 Å². The second-order valence-corrected chi connectivity index (χ2v) is 8.51. The second-order valence-electron chi connectivity index (χ2n) is 6.58. The first-order valence-corrected chi connectivity index (χ1v) is 11.6. The van der Waals surface area contributed by atoms with Crippen LogP contribution in [0.3, 0.4) is 0 Å². The maximum Gasteiger partial charge on any atom is 0.267 e. The Morgan fingerprint density at radius 1 is 1.20 bits per heavy atom. The minimum Gasteiger partial charge on any atom is -0.344 e. The van der Waals surface area contributed by atoms with E-state index in [1.165, 1.54) is 22.1 Å². The number of hydrogen-bond acceptors (Lipinski definition) is 7. The van der Waals surface area contributed by atoms with Crippen molar-refractivity contribution in [1.29, 1.82) is 0 Å². The Bertz CT molecular complexity index is 1200. The zero-order valence-electron chi connectivity index (χ0n) is 16.3. The van der Waals surface area contributed by atoms with Crippen molar-refractivity contribution in [3.63, 3.8) is 0 Å². The molecule has 0 fully saturated rings. The summed E-state index contributed by atoms with van der Waals surface area (Å²) in [7, 11) is 0. The van der Waals surface area contributed by atoms with Gasteiger partial charge in [-0.1, -0.05) is 12.1 Å². The molecular weight excluding hydrogens is 420 g/mol. The summed E-state index contributed by atoms with van der Waals surface area (Å²) >= 11 is 3.22. The van der Waals surface area contributed by atoms with Crippen LogP contribution in [0.4, 0.5) is 0 Å². The normalized spacial score (nSPS) is 12.2. The predicted octanol–water partition coefficient (Wildman–Crippen LogP) is 2.63. The van der Waals surface area contributed by atoms with Gasteiger partial charge in [0.1, 0.15) is 12.2 Å². The molecule has 154 valence electrons. The van der Waals surface area contributed by atoms with Crippen LogP contribution in [-0.2, 0) is 11.3 Å². The first-order valence-electron chi connectivity index (χ1n) is 9.35. The molecule has 0 radical (unpaired) electrons. The van der Waals surface area contributed by atoms with Gasteiger partial charge in [-0.2, -0.15) is 16.9 Å². The molecule has 10 heteroatoms. The Morgan fingerprint density at radius 3 is 2.90 bits per heavy atom. The molecule has 0 saturated carbocycles. The number of pyridine rings is 1. The van der Waals surface area contributed by atoms with Gasteiger partial charge in [0, 0.05) is 12.3 Å². The van der Waals surface area contributed by atoms with Crippen LogP contribution in [0.1, 0.15) is 18.3 Å². The largest absolute Gasteiger partial charge is 0.344 e. The molecule has 0 bridgehead atoms. The lowest BCUT2D eigenvalue weighted by molar-refractivity contribution is -0.122. The van der Waals surface area contributed by atoms with Crippen LogP contribution >= 0.6 is 23.1 Å². The van der Waals surface area contributed by atoms with Crippen molar-refractivity contribution < 1.29 is 4.79 Å². The monoisotopic (exact) mass is 440 g/mol. The van der Waals surface area contributed by atoms with Crippen LogP contribution in [0.5, 0.6) is 0 Å². The third-order valence-electron chi connectivity index (χ3n) is 4.53. The number of hydrogen-bond donors (Lipinski definition) is 1. The summed E-state index contributed by atoms with van der Waals surface area (Å²) in [5, 5.41) is 17.8. The molecule has 1 amide bonds. The molecule has 0 unspecified atom stereocenters. The lowest BCUT2D eigenvalue weighted by Gasteiger charge is -2.17. The molecule has 4 aromatic rings. The van der Waals surface area contributed by atoms with Gasteiger partial charge in [-0.25, -0.2) is 4.68 Å². The molecule has 0 aliphatic rings. The standard InChI is InChI=1S/C20H20N6O2S2/c1-29-12-9-15(20-23-22-17-6-2-3-10-25(17)20)21-18(27)13-26-19(28)8-7-14(24-26)16-5-4-11-30-16/h2-8,10-11,15H,9,12-13H2,1H3,(H,21,27)/t15-/m0/s1. The van der Waals surface area contributed by atoms with Gasteiger partial charge < -0.3 is 5.32 Å². The van der Waals surface area contributed by atoms with Crippen molar-refractivity contribution in [2.24, 2.45) is 0 Å². The van der Waals surface area contributed by atoms with Crippen LogP contribution in [0, 0.1) is 0 Å². The molecule has 4 aromatic heterocycles. The van der Waals surface area contributed by atoms with Crippen LogP contribution in [0.15, 0.2) is 58.8 Å². The van der Waals surface area contributed by atoms with E-state index in [1.807, 2.05) is 52.6 Å². The van der Waals surface area contributed by atoms with E-state index in [-0.39, 0.29) is 24.1 Å². The van der Waals surface area contributed by atoms with E-state index in [1.54, 1.807) is 17.8 Å². The number of thioether (sulfide) groups is 1. The topological polar surface area (TPSA) is 94.2 Å². The molecular formula is C20H20N6O2S2. The van der Waals surface area contributed by atoms with Crippen molar-refractivity contribution in [2.75, 3.05) is 12.0 Å². The fraction of sp³-hybridized carbons (Fsp3) is 0.250. The molecule has 4 heterocycles. The van der Waals surface area contributed by atoms with Gasteiger partial charge >= 0.3 is 0 Å². The summed E-state index contributed by atoms with van der Waals surface area (Å²) in [6, 6.07) is 12.3. The van der Waals surface area contributed by atoms with Crippen molar-refractivity contribution in [1.82, 2.24) is 29.7 Å². The minimum absolute atomic E-state index is 0.162. The molecule has 0 saturated heterocycles. The fourth-order valence-corrected chi connectivity index (χ4v) is 4.25. The Kier molecular flexibility index (Phi) is 6.24. The Balaban J connectivity index is 1.55. The van der Waals surface area contributed by atoms with Gasteiger partial charge in [-0.3, -0.25) is 14.0 Å². The number of thiophene rings is 1.